The number of hydrogen-bond donors (Lipinski definition) is 0. The molecule has 1 atom stereocenters. The zero-order valence-electron chi connectivity index (χ0n) is 11.8. The zero-order valence-corrected chi connectivity index (χ0v) is 11.8. The van der Waals surface area contributed by atoms with Gasteiger partial charge in [-0.1, -0.05) is 31.2 Å². The Labute approximate surface area is 111 Å². The Morgan fingerprint density at radius 1 is 1.28 bits per heavy atom. The molecule has 0 aromatic heterocycles. The SMILES string of the molecule is CCC=CCC=CCC(C)N=CCCC(=O)OC. The molecule has 0 bridgehead atoms. The van der Waals surface area contributed by atoms with Crippen LogP contribution in [0.1, 0.15) is 46.0 Å². The normalized spacial score (nSPS) is 13.7. The highest BCUT2D eigenvalue weighted by Gasteiger charge is 1.97. The summed E-state index contributed by atoms with van der Waals surface area (Å²) in [6.45, 7) is 4.20. The van der Waals surface area contributed by atoms with E-state index in [2.05, 4.69) is 47.9 Å². The summed E-state index contributed by atoms with van der Waals surface area (Å²) in [5.41, 5.74) is 0. The predicted octanol–water partition coefficient (Wildman–Crippen LogP) is 3.70. The molecular weight excluding hydrogens is 226 g/mol. The van der Waals surface area contributed by atoms with Crippen molar-refractivity contribution in [2.75, 3.05) is 7.11 Å². The van der Waals surface area contributed by atoms with Crippen LogP contribution in [0.4, 0.5) is 0 Å². The number of carbonyl (C=O) groups excluding carboxylic acids is 1. The van der Waals surface area contributed by atoms with Crippen molar-refractivity contribution in [2.24, 2.45) is 4.99 Å². The second-order valence-corrected chi connectivity index (χ2v) is 4.12. The molecule has 18 heavy (non-hydrogen) atoms. The Balaban J connectivity index is 3.63. The molecule has 102 valence electrons. The Hall–Kier alpha value is -1.38. The topological polar surface area (TPSA) is 38.7 Å². The molecule has 0 amide bonds. The number of rotatable bonds is 9. The van der Waals surface area contributed by atoms with Crippen molar-refractivity contribution in [1.29, 1.82) is 0 Å². The number of methoxy groups -OCH3 is 1. The quantitative estimate of drug-likeness (QED) is 0.356. The van der Waals surface area contributed by atoms with Gasteiger partial charge in [0.25, 0.3) is 0 Å². The van der Waals surface area contributed by atoms with Crippen LogP contribution in [-0.2, 0) is 9.53 Å². The highest BCUT2D eigenvalue weighted by molar-refractivity contribution is 5.73. The molecule has 0 aliphatic rings. The van der Waals surface area contributed by atoms with Crippen LogP contribution >= 0.6 is 0 Å². The minimum Gasteiger partial charge on any atom is -0.469 e. The first-order chi connectivity index (χ1) is 8.70. The van der Waals surface area contributed by atoms with Gasteiger partial charge < -0.3 is 4.74 Å². The third kappa shape index (κ3) is 11.1. The van der Waals surface area contributed by atoms with Gasteiger partial charge in [-0.3, -0.25) is 9.79 Å². The maximum absolute atomic E-state index is 10.9. The van der Waals surface area contributed by atoms with Crippen LogP contribution in [-0.4, -0.2) is 25.3 Å². The molecule has 3 heteroatoms. The van der Waals surface area contributed by atoms with Gasteiger partial charge in [-0.25, -0.2) is 0 Å². The van der Waals surface area contributed by atoms with Crippen LogP contribution in [0, 0.1) is 0 Å². The van der Waals surface area contributed by atoms with Gasteiger partial charge in [-0.2, -0.15) is 0 Å². The van der Waals surface area contributed by atoms with Gasteiger partial charge >= 0.3 is 5.97 Å². The van der Waals surface area contributed by atoms with E-state index in [1.165, 1.54) is 7.11 Å². The first-order valence-electron chi connectivity index (χ1n) is 6.59. The second-order valence-electron chi connectivity index (χ2n) is 4.12. The molecule has 3 nitrogen and oxygen atoms in total. The van der Waals surface area contributed by atoms with Crippen LogP contribution in [0.15, 0.2) is 29.3 Å². The van der Waals surface area contributed by atoms with Crippen molar-refractivity contribution in [3.05, 3.63) is 24.3 Å². The minimum atomic E-state index is -0.184. The second kappa shape index (κ2) is 12.1. The molecule has 0 aliphatic carbocycles. The van der Waals surface area contributed by atoms with E-state index in [0.717, 1.165) is 19.3 Å². The lowest BCUT2D eigenvalue weighted by molar-refractivity contribution is -0.140. The number of ether oxygens (including phenoxy) is 1. The maximum Gasteiger partial charge on any atom is 0.305 e. The van der Waals surface area contributed by atoms with Crippen LogP contribution in [0.2, 0.25) is 0 Å². The van der Waals surface area contributed by atoms with Gasteiger partial charge in [0.2, 0.25) is 0 Å². The summed E-state index contributed by atoms with van der Waals surface area (Å²) in [5, 5.41) is 0. The summed E-state index contributed by atoms with van der Waals surface area (Å²) in [6, 6.07) is 0.272. The van der Waals surface area contributed by atoms with E-state index in [0.29, 0.717) is 12.8 Å². The fourth-order valence-electron chi connectivity index (χ4n) is 1.33. The summed E-state index contributed by atoms with van der Waals surface area (Å²) in [6.07, 6.45) is 14.5. The lowest BCUT2D eigenvalue weighted by Gasteiger charge is -2.01. The van der Waals surface area contributed by atoms with E-state index in [1.807, 2.05) is 6.21 Å². The van der Waals surface area contributed by atoms with E-state index in [4.69, 9.17) is 0 Å². The molecule has 0 heterocycles. The van der Waals surface area contributed by atoms with Crippen molar-refractivity contribution in [3.8, 4) is 0 Å². The van der Waals surface area contributed by atoms with Gasteiger partial charge in [-0.05, 0) is 38.8 Å². The van der Waals surface area contributed by atoms with Crippen LogP contribution in [0.3, 0.4) is 0 Å². The van der Waals surface area contributed by atoms with E-state index < -0.39 is 0 Å². The van der Waals surface area contributed by atoms with E-state index in [1.54, 1.807) is 0 Å². The average Bonchev–Trinajstić information content (AvgIpc) is 2.38. The van der Waals surface area contributed by atoms with Crippen molar-refractivity contribution >= 4 is 12.2 Å². The van der Waals surface area contributed by atoms with Gasteiger partial charge in [0.15, 0.2) is 0 Å². The first kappa shape index (κ1) is 16.6. The van der Waals surface area contributed by atoms with Crippen molar-refractivity contribution in [3.63, 3.8) is 0 Å². The lowest BCUT2D eigenvalue weighted by Crippen LogP contribution is -2.01. The van der Waals surface area contributed by atoms with Gasteiger partial charge in [-0.15, -0.1) is 0 Å². The van der Waals surface area contributed by atoms with Crippen LogP contribution in [0.25, 0.3) is 0 Å². The highest BCUT2D eigenvalue weighted by atomic mass is 16.5. The van der Waals surface area contributed by atoms with E-state index in [-0.39, 0.29) is 12.0 Å². The molecule has 0 saturated heterocycles. The van der Waals surface area contributed by atoms with Crippen molar-refractivity contribution < 1.29 is 9.53 Å². The minimum absolute atomic E-state index is 0.184. The number of allylic oxidation sites excluding steroid dienone is 3. The molecular formula is C15H25NO2. The highest BCUT2D eigenvalue weighted by Crippen LogP contribution is 2.00. The monoisotopic (exact) mass is 251 g/mol. The van der Waals surface area contributed by atoms with Crippen LogP contribution < -0.4 is 0 Å². The summed E-state index contributed by atoms with van der Waals surface area (Å²) in [7, 11) is 1.40. The summed E-state index contributed by atoms with van der Waals surface area (Å²) in [5.74, 6) is -0.184. The standard InChI is InChI=1S/C15H25NO2/c1-4-5-6-7-8-9-11-14(2)16-13-10-12-15(17)18-3/h5-6,8-9,13-14H,4,7,10-12H2,1-3H3. The Morgan fingerprint density at radius 2 is 2.00 bits per heavy atom. The smallest absolute Gasteiger partial charge is 0.305 e. The number of nitrogens with zero attached hydrogens (tertiary/aromatic N) is 1. The van der Waals surface area contributed by atoms with Gasteiger partial charge in [0.05, 0.1) is 19.6 Å². The summed E-state index contributed by atoms with van der Waals surface area (Å²) < 4.78 is 4.55. The zero-order chi connectivity index (χ0) is 13.6. The number of aliphatic imine (C=N–C) groups is 1. The number of hydrogen-bond acceptors (Lipinski definition) is 3. The molecule has 0 fully saturated rings. The number of esters is 1. The van der Waals surface area contributed by atoms with Gasteiger partial charge in [0, 0.05) is 0 Å². The number of carbonyl (C=O) groups is 1. The summed E-state index contributed by atoms with van der Waals surface area (Å²) >= 11 is 0. The van der Waals surface area contributed by atoms with Crippen molar-refractivity contribution in [2.45, 2.75) is 52.0 Å². The Morgan fingerprint density at radius 3 is 2.67 bits per heavy atom. The third-order valence-corrected chi connectivity index (χ3v) is 2.38. The molecule has 0 aromatic carbocycles. The molecule has 0 aliphatic heterocycles. The predicted molar refractivity (Wildman–Crippen MR) is 77.0 cm³/mol. The third-order valence-electron chi connectivity index (χ3n) is 2.38. The molecule has 0 saturated carbocycles. The molecule has 0 N–H and O–H groups in total. The molecule has 0 aromatic rings. The average molecular weight is 251 g/mol. The van der Waals surface area contributed by atoms with E-state index >= 15 is 0 Å². The fraction of sp³-hybridized carbons (Fsp3) is 0.600. The Kier molecular flexibility index (Phi) is 11.2. The first-order valence-corrected chi connectivity index (χ1v) is 6.59. The largest absolute Gasteiger partial charge is 0.469 e. The molecule has 0 spiro atoms. The van der Waals surface area contributed by atoms with Gasteiger partial charge in [0.1, 0.15) is 0 Å². The molecule has 0 radical (unpaired) electrons. The van der Waals surface area contributed by atoms with E-state index in [9.17, 15) is 4.79 Å². The van der Waals surface area contributed by atoms with Crippen LogP contribution in [0.5, 0.6) is 0 Å². The molecule has 0 rings (SSSR count). The molecule has 1 unspecified atom stereocenters. The summed E-state index contributed by atoms with van der Waals surface area (Å²) in [4.78, 5) is 15.2. The fourth-order valence-corrected chi connectivity index (χ4v) is 1.33. The maximum atomic E-state index is 10.9. The lowest BCUT2D eigenvalue weighted by atomic mass is 10.2. The Bertz CT molecular complexity index is 293. The van der Waals surface area contributed by atoms with Crippen molar-refractivity contribution in [1.82, 2.24) is 0 Å².